The lowest BCUT2D eigenvalue weighted by atomic mass is 9.93. The average Bonchev–Trinajstić information content (AvgIpc) is 3.16. The molecule has 2 aromatic heterocycles. The van der Waals surface area contributed by atoms with E-state index in [9.17, 15) is 4.79 Å². The van der Waals surface area contributed by atoms with E-state index in [0.29, 0.717) is 17.8 Å². The van der Waals surface area contributed by atoms with E-state index in [-0.39, 0.29) is 17.8 Å². The fraction of sp³-hybridized carbons (Fsp3) is 0.500. The number of amides is 1. The highest BCUT2D eigenvalue weighted by Gasteiger charge is 2.24. The second-order valence-corrected chi connectivity index (χ2v) is 5.74. The van der Waals surface area contributed by atoms with Gasteiger partial charge in [0.1, 0.15) is 12.1 Å². The van der Waals surface area contributed by atoms with Crippen molar-refractivity contribution in [3.63, 3.8) is 0 Å². The van der Waals surface area contributed by atoms with Crippen molar-refractivity contribution < 1.29 is 14.3 Å². The summed E-state index contributed by atoms with van der Waals surface area (Å²) in [5.74, 6) is 0.664. The minimum atomic E-state index is -0.295. The van der Waals surface area contributed by atoms with Gasteiger partial charge in [0, 0.05) is 31.6 Å². The molecular formula is C16H21N5O3. The Morgan fingerprint density at radius 1 is 1.25 bits per heavy atom. The standard InChI is InChI=1S/C16H21N5O3/c1-23-12-5-3-11(4-6-12)18-16(22)15-19-13(9-14(20-15)24-2)21-8-7-17-10-21/h7-12H,3-6H2,1-2H3,(H,18,22). The Morgan fingerprint density at radius 2 is 2.04 bits per heavy atom. The summed E-state index contributed by atoms with van der Waals surface area (Å²) in [5.41, 5.74) is 0. The number of imidazole rings is 1. The lowest BCUT2D eigenvalue weighted by Gasteiger charge is -2.27. The summed E-state index contributed by atoms with van der Waals surface area (Å²) in [5, 5.41) is 3.00. The molecule has 128 valence electrons. The van der Waals surface area contributed by atoms with E-state index in [0.717, 1.165) is 25.7 Å². The van der Waals surface area contributed by atoms with E-state index >= 15 is 0 Å². The van der Waals surface area contributed by atoms with E-state index in [1.54, 1.807) is 36.5 Å². The van der Waals surface area contributed by atoms with Crippen molar-refractivity contribution >= 4 is 5.91 Å². The zero-order valence-electron chi connectivity index (χ0n) is 13.8. The molecule has 0 radical (unpaired) electrons. The van der Waals surface area contributed by atoms with Crippen LogP contribution in [-0.2, 0) is 4.74 Å². The molecule has 0 bridgehead atoms. The second kappa shape index (κ2) is 7.39. The first-order valence-corrected chi connectivity index (χ1v) is 7.94. The van der Waals surface area contributed by atoms with Crippen LogP contribution in [0.2, 0.25) is 0 Å². The first-order chi connectivity index (χ1) is 11.7. The first-order valence-electron chi connectivity index (χ1n) is 7.94. The molecule has 1 aliphatic carbocycles. The number of nitrogens with zero attached hydrogens (tertiary/aromatic N) is 4. The number of nitrogens with one attached hydrogen (secondary N) is 1. The number of aromatic nitrogens is 4. The van der Waals surface area contributed by atoms with Gasteiger partial charge in [-0.05, 0) is 25.7 Å². The van der Waals surface area contributed by atoms with Gasteiger partial charge in [0.25, 0.3) is 5.91 Å². The maximum Gasteiger partial charge on any atom is 0.289 e. The van der Waals surface area contributed by atoms with Crippen LogP contribution >= 0.6 is 0 Å². The Balaban J connectivity index is 1.73. The SMILES string of the molecule is COc1cc(-n2ccnc2)nc(C(=O)NC2CCC(OC)CC2)n1. The number of carbonyl (C=O) groups is 1. The molecule has 0 unspecified atom stereocenters. The Labute approximate surface area is 140 Å². The van der Waals surface area contributed by atoms with Crippen molar-refractivity contribution in [1.82, 2.24) is 24.8 Å². The number of hydrogen-bond acceptors (Lipinski definition) is 6. The van der Waals surface area contributed by atoms with E-state index in [4.69, 9.17) is 9.47 Å². The zero-order chi connectivity index (χ0) is 16.9. The molecule has 8 heteroatoms. The van der Waals surface area contributed by atoms with Gasteiger partial charge in [-0.1, -0.05) is 0 Å². The van der Waals surface area contributed by atoms with E-state index in [2.05, 4.69) is 20.3 Å². The van der Waals surface area contributed by atoms with Gasteiger partial charge in [-0.3, -0.25) is 9.36 Å². The molecule has 0 spiro atoms. The molecule has 0 aromatic carbocycles. The molecule has 8 nitrogen and oxygen atoms in total. The molecule has 2 aromatic rings. The quantitative estimate of drug-likeness (QED) is 0.889. The van der Waals surface area contributed by atoms with Gasteiger partial charge in [-0.25, -0.2) is 9.97 Å². The zero-order valence-corrected chi connectivity index (χ0v) is 13.8. The lowest BCUT2D eigenvalue weighted by molar-refractivity contribution is 0.0597. The van der Waals surface area contributed by atoms with Crippen molar-refractivity contribution in [1.29, 1.82) is 0 Å². The Bertz CT molecular complexity index is 681. The van der Waals surface area contributed by atoms with E-state index < -0.39 is 0 Å². The second-order valence-electron chi connectivity index (χ2n) is 5.74. The van der Waals surface area contributed by atoms with Crippen LogP contribution in [0, 0.1) is 0 Å². The number of methoxy groups -OCH3 is 2. The monoisotopic (exact) mass is 331 g/mol. The maximum absolute atomic E-state index is 12.5. The summed E-state index contributed by atoms with van der Waals surface area (Å²) < 4.78 is 12.2. The third-order valence-electron chi connectivity index (χ3n) is 4.21. The van der Waals surface area contributed by atoms with Crippen LogP contribution in [0.1, 0.15) is 36.3 Å². The molecule has 1 N–H and O–H groups in total. The minimum Gasteiger partial charge on any atom is -0.481 e. The molecule has 24 heavy (non-hydrogen) atoms. The van der Waals surface area contributed by atoms with Gasteiger partial charge in [-0.15, -0.1) is 0 Å². The molecular weight excluding hydrogens is 310 g/mol. The van der Waals surface area contributed by atoms with Crippen molar-refractivity contribution in [2.45, 2.75) is 37.8 Å². The molecule has 2 heterocycles. The minimum absolute atomic E-state index is 0.0897. The van der Waals surface area contributed by atoms with Gasteiger partial charge >= 0.3 is 0 Å². The van der Waals surface area contributed by atoms with Gasteiger partial charge in [0.05, 0.1) is 13.2 Å². The maximum atomic E-state index is 12.5. The Morgan fingerprint density at radius 3 is 2.67 bits per heavy atom. The topological polar surface area (TPSA) is 91.2 Å². The van der Waals surface area contributed by atoms with Gasteiger partial charge < -0.3 is 14.8 Å². The molecule has 0 aliphatic heterocycles. The smallest absolute Gasteiger partial charge is 0.289 e. The molecule has 3 rings (SSSR count). The van der Waals surface area contributed by atoms with Gasteiger partial charge in [-0.2, -0.15) is 4.98 Å². The van der Waals surface area contributed by atoms with E-state index in [1.807, 2.05) is 0 Å². The largest absolute Gasteiger partial charge is 0.481 e. The van der Waals surface area contributed by atoms with Crippen LogP contribution in [0.3, 0.4) is 0 Å². The lowest BCUT2D eigenvalue weighted by Crippen LogP contribution is -2.39. The third-order valence-corrected chi connectivity index (χ3v) is 4.21. The molecule has 1 fully saturated rings. The summed E-state index contributed by atoms with van der Waals surface area (Å²) in [4.78, 5) is 25.0. The van der Waals surface area contributed by atoms with Crippen molar-refractivity contribution in [3.8, 4) is 11.7 Å². The number of hydrogen-bond donors (Lipinski definition) is 1. The first kappa shape index (κ1) is 16.4. The van der Waals surface area contributed by atoms with Crippen LogP contribution in [0.5, 0.6) is 5.88 Å². The average molecular weight is 331 g/mol. The summed E-state index contributed by atoms with van der Waals surface area (Å²) in [6.07, 6.45) is 8.96. The number of rotatable bonds is 5. The predicted octanol–water partition coefficient (Wildman–Crippen LogP) is 1.36. The predicted molar refractivity (Wildman–Crippen MR) is 86.2 cm³/mol. The molecule has 0 atom stereocenters. The number of ether oxygens (including phenoxy) is 2. The van der Waals surface area contributed by atoms with Crippen LogP contribution in [0.15, 0.2) is 24.8 Å². The van der Waals surface area contributed by atoms with Gasteiger partial charge in [0.15, 0.2) is 0 Å². The Hall–Kier alpha value is -2.48. The highest BCUT2D eigenvalue weighted by molar-refractivity contribution is 5.91. The van der Waals surface area contributed by atoms with Crippen LogP contribution in [-0.4, -0.2) is 51.8 Å². The van der Waals surface area contributed by atoms with Crippen molar-refractivity contribution in [2.75, 3.05) is 14.2 Å². The third kappa shape index (κ3) is 3.70. The van der Waals surface area contributed by atoms with Crippen LogP contribution in [0.4, 0.5) is 0 Å². The summed E-state index contributed by atoms with van der Waals surface area (Å²) >= 11 is 0. The summed E-state index contributed by atoms with van der Waals surface area (Å²) in [6, 6.07) is 1.78. The fourth-order valence-corrected chi connectivity index (χ4v) is 2.84. The van der Waals surface area contributed by atoms with Crippen LogP contribution in [0.25, 0.3) is 5.82 Å². The highest BCUT2D eigenvalue weighted by atomic mass is 16.5. The Kier molecular flexibility index (Phi) is 5.05. The normalized spacial score (nSPS) is 20.6. The molecule has 1 amide bonds. The molecule has 0 saturated heterocycles. The fourth-order valence-electron chi connectivity index (χ4n) is 2.84. The van der Waals surface area contributed by atoms with Crippen molar-refractivity contribution in [3.05, 3.63) is 30.6 Å². The number of carbonyl (C=O) groups excluding carboxylic acids is 1. The molecule has 1 aliphatic rings. The van der Waals surface area contributed by atoms with Gasteiger partial charge in [0.2, 0.25) is 11.7 Å². The summed E-state index contributed by atoms with van der Waals surface area (Å²) in [6.45, 7) is 0. The van der Waals surface area contributed by atoms with Crippen molar-refractivity contribution in [2.24, 2.45) is 0 Å². The summed E-state index contributed by atoms with van der Waals surface area (Å²) in [7, 11) is 3.24. The highest BCUT2D eigenvalue weighted by Crippen LogP contribution is 2.21. The van der Waals surface area contributed by atoms with Crippen LogP contribution < -0.4 is 10.1 Å². The molecule has 1 saturated carbocycles. The van der Waals surface area contributed by atoms with E-state index in [1.165, 1.54) is 7.11 Å².